The summed E-state index contributed by atoms with van der Waals surface area (Å²) in [5.74, 6) is 0.999. The van der Waals surface area contributed by atoms with Gasteiger partial charge in [-0.2, -0.15) is 0 Å². The monoisotopic (exact) mass is 296 g/mol. The van der Waals surface area contributed by atoms with E-state index in [1.807, 2.05) is 11.8 Å². The maximum atomic E-state index is 12.7. The Labute approximate surface area is 124 Å². The van der Waals surface area contributed by atoms with Crippen molar-refractivity contribution in [3.05, 3.63) is 4.88 Å². The molecule has 0 unspecified atom stereocenters. The molecule has 1 saturated carbocycles. The van der Waals surface area contributed by atoms with Crippen LogP contribution in [0, 0.1) is 5.92 Å². The molecule has 1 aliphatic carbocycles. The van der Waals surface area contributed by atoms with Crippen LogP contribution < -0.4 is 11.1 Å². The fourth-order valence-corrected chi connectivity index (χ4v) is 2.98. The summed E-state index contributed by atoms with van der Waals surface area (Å²) in [5.41, 5.74) is 5.90. The number of nitrogens with one attached hydrogen (secondary N) is 1. The number of hydrogen-bond acceptors (Lipinski definition) is 5. The first kappa shape index (κ1) is 15.1. The van der Waals surface area contributed by atoms with Crippen molar-refractivity contribution in [2.45, 2.75) is 46.1 Å². The van der Waals surface area contributed by atoms with Gasteiger partial charge in [-0.25, -0.2) is 4.98 Å². The number of carbonyl (C=O) groups is 1. The molecule has 0 aromatic carbocycles. The Morgan fingerprint density at radius 1 is 1.55 bits per heavy atom. The van der Waals surface area contributed by atoms with Crippen molar-refractivity contribution in [1.29, 1.82) is 0 Å². The molecule has 0 bridgehead atoms. The van der Waals surface area contributed by atoms with Crippen LogP contribution in [-0.2, 0) is 0 Å². The molecule has 1 aromatic heterocycles. The number of nitrogen functional groups attached to an aromatic ring is 1. The minimum Gasteiger partial charge on any atom is -0.382 e. The highest BCUT2D eigenvalue weighted by Crippen LogP contribution is 2.32. The number of rotatable bonds is 7. The summed E-state index contributed by atoms with van der Waals surface area (Å²) in [6.45, 7) is 7.95. The normalized spacial score (nSPS) is 14.6. The number of anilines is 2. The summed E-state index contributed by atoms with van der Waals surface area (Å²) >= 11 is 1.36. The smallest absolute Gasteiger partial charge is 0.268 e. The Morgan fingerprint density at radius 2 is 2.25 bits per heavy atom. The van der Waals surface area contributed by atoms with Crippen LogP contribution in [0.5, 0.6) is 0 Å². The molecule has 1 fully saturated rings. The van der Waals surface area contributed by atoms with Crippen molar-refractivity contribution in [3.63, 3.8) is 0 Å². The van der Waals surface area contributed by atoms with Gasteiger partial charge in [0.05, 0.1) is 0 Å². The highest BCUT2D eigenvalue weighted by Gasteiger charge is 2.34. The van der Waals surface area contributed by atoms with Crippen molar-refractivity contribution in [2.24, 2.45) is 5.92 Å². The lowest BCUT2D eigenvalue weighted by atomic mass is 10.1. The van der Waals surface area contributed by atoms with E-state index in [2.05, 4.69) is 24.1 Å². The molecule has 0 saturated heterocycles. The Kier molecular flexibility index (Phi) is 4.86. The maximum Gasteiger partial charge on any atom is 0.268 e. The molecular formula is C14H24N4OS. The van der Waals surface area contributed by atoms with Gasteiger partial charge in [0.15, 0.2) is 5.13 Å². The highest BCUT2D eigenvalue weighted by atomic mass is 32.1. The zero-order chi connectivity index (χ0) is 14.7. The average Bonchev–Trinajstić information content (AvgIpc) is 3.14. The fourth-order valence-electron chi connectivity index (χ4n) is 2.08. The van der Waals surface area contributed by atoms with Gasteiger partial charge in [0.2, 0.25) is 0 Å². The number of hydrogen-bond donors (Lipinski definition) is 2. The third-order valence-corrected chi connectivity index (χ3v) is 4.39. The van der Waals surface area contributed by atoms with Gasteiger partial charge in [0, 0.05) is 19.1 Å². The largest absolute Gasteiger partial charge is 0.382 e. The Morgan fingerprint density at radius 3 is 2.80 bits per heavy atom. The SMILES string of the molecule is CCNc1nc(N)c(C(=O)N(CCC(C)C)C2CC2)s1. The van der Waals surface area contributed by atoms with Gasteiger partial charge < -0.3 is 16.0 Å². The van der Waals surface area contributed by atoms with Crippen LogP contribution in [0.4, 0.5) is 10.9 Å². The van der Waals surface area contributed by atoms with Crippen LogP contribution in [0.1, 0.15) is 49.7 Å². The summed E-state index contributed by atoms with van der Waals surface area (Å²) in [6, 6.07) is 0.408. The molecule has 1 aromatic rings. The molecule has 6 heteroatoms. The first-order valence-corrected chi connectivity index (χ1v) is 8.15. The Bertz CT molecular complexity index is 468. The van der Waals surface area contributed by atoms with Crippen molar-refractivity contribution in [3.8, 4) is 0 Å². The molecule has 0 radical (unpaired) electrons. The predicted octanol–water partition coefficient (Wildman–Crippen LogP) is 2.81. The van der Waals surface area contributed by atoms with Gasteiger partial charge in [0.1, 0.15) is 10.7 Å². The third kappa shape index (κ3) is 3.62. The second-order valence-corrected chi connectivity index (χ2v) is 6.68. The molecule has 2 rings (SSSR count). The average molecular weight is 296 g/mol. The summed E-state index contributed by atoms with van der Waals surface area (Å²) in [7, 11) is 0. The van der Waals surface area contributed by atoms with Gasteiger partial charge in [-0.05, 0) is 32.1 Å². The minimum atomic E-state index is 0.0484. The molecule has 1 amide bonds. The van der Waals surface area contributed by atoms with Crippen molar-refractivity contribution in [2.75, 3.05) is 24.1 Å². The molecule has 3 N–H and O–H groups in total. The highest BCUT2D eigenvalue weighted by molar-refractivity contribution is 7.18. The molecule has 0 atom stereocenters. The molecule has 5 nitrogen and oxygen atoms in total. The van der Waals surface area contributed by atoms with Crippen LogP contribution in [0.25, 0.3) is 0 Å². The maximum absolute atomic E-state index is 12.7. The summed E-state index contributed by atoms with van der Waals surface area (Å²) in [4.78, 5) is 19.4. The number of carbonyl (C=O) groups excluding carboxylic acids is 1. The summed E-state index contributed by atoms with van der Waals surface area (Å²) in [5, 5.41) is 3.84. The van der Waals surface area contributed by atoms with Crippen LogP contribution in [0.15, 0.2) is 0 Å². The van der Waals surface area contributed by atoms with Gasteiger partial charge in [-0.3, -0.25) is 4.79 Å². The number of thiazole rings is 1. The first-order valence-electron chi connectivity index (χ1n) is 7.34. The lowest BCUT2D eigenvalue weighted by Gasteiger charge is -2.22. The van der Waals surface area contributed by atoms with Crippen molar-refractivity contribution >= 4 is 28.2 Å². The lowest BCUT2D eigenvalue weighted by molar-refractivity contribution is 0.0741. The molecule has 1 heterocycles. The Hall–Kier alpha value is -1.30. The molecule has 0 spiro atoms. The van der Waals surface area contributed by atoms with E-state index >= 15 is 0 Å². The molecule has 20 heavy (non-hydrogen) atoms. The van der Waals surface area contributed by atoms with Gasteiger partial charge in [0.25, 0.3) is 5.91 Å². The zero-order valence-electron chi connectivity index (χ0n) is 12.5. The number of nitrogens with two attached hydrogens (primary N) is 1. The topological polar surface area (TPSA) is 71.2 Å². The van der Waals surface area contributed by atoms with Crippen LogP contribution in [0.3, 0.4) is 0 Å². The molecular weight excluding hydrogens is 272 g/mol. The Balaban J connectivity index is 2.10. The van der Waals surface area contributed by atoms with Gasteiger partial charge in [-0.15, -0.1) is 0 Å². The van der Waals surface area contributed by atoms with Crippen LogP contribution >= 0.6 is 11.3 Å². The summed E-state index contributed by atoms with van der Waals surface area (Å²) < 4.78 is 0. The lowest BCUT2D eigenvalue weighted by Crippen LogP contribution is -2.34. The second-order valence-electron chi connectivity index (χ2n) is 5.68. The molecule has 1 aliphatic rings. The zero-order valence-corrected chi connectivity index (χ0v) is 13.3. The van der Waals surface area contributed by atoms with E-state index < -0.39 is 0 Å². The van der Waals surface area contributed by atoms with E-state index in [9.17, 15) is 4.79 Å². The van der Waals surface area contributed by atoms with E-state index in [1.54, 1.807) is 0 Å². The molecule has 0 aliphatic heterocycles. The van der Waals surface area contributed by atoms with Gasteiger partial charge in [-0.1, -0.05) is 25.2 Å². The third-order valence-electron chi connectivity index (χ3n) is 3.37. The quantitative estimate of drug-likeness (QED) is 0.811. The molecule has 112 valence electrons. The van der Waals surface area contributed by atoms with Crippen LogP contribution in [0.2, 0.25) is 0 Å². The van der Waals surface area contributed by atoms with E-state index in [1.165, 1.54) is 11.3 Å². The number of amides is 1. The standard InChI is InChI=1S/C14H24N4OS/c1-4-16-14-17-12(15)11(20-14)13(19)18(10-5-6-10)8-7-9(2)3/h9-10H,4-8,15H2,1-3H3,(H,16,17). The number of aromatic nitrogens is 1. The predicted molar refractivity (Wildman–Crippen MR) is 84.2 cm³/mol. The van der Waals surface area contributed by atoms with Crippen molar-refractivity contribution in [1.82, 2.24) is 9.88 Å². The van der Waals surface area contributed by atoms with E-state index in [-0.39, 0.29) is 5.91 Å². The van der Waals surface area contributed by atoms with Crippen molar-refractivity contribution < 1.29 is 4.79 Å². The van der Waals surface area contributed by atoms with E-state index in [4.69, 9.17) is 5.73 Å². The van der Waals surface area contributed by atoms with E-state index in [0.29, 0.717) is 22.7 Å². The summed E-state index contributed by atoms with van der Waals surface area (Å²) in [6.07, 6.45) is 3.26. The fraction of sp³-hybridized carbons (Fsp3) is 0.714. The number of nitrogens with zero attached hydrogens (tertiary/aromatic N) is 2. The van der Waals surface area contributed by atoms with Crippen LogP contribution in [-0.4, -0.2) is 34.9 Å². The minimum absolute atomic E-state index is 0.0484. The van der Waals surface area contributed by atoms with E-state index in [0.717, 1.165) is 37.5 Å². The second kappa shape index (κ2) is 6.43. The first-order chi connectivity index (χ1) is 9.52. The van der Waals surface area contributed by atoms with Gasteiger partial charge >= 0.3 is 0 Å².